The van der Waals surface area contributed by atoms with Gasteiger partial charge in [-0.1, -0.05) is 109 Å². The van der Waals surface area contributed by atoms with Gasteiger partial charge in [-0.05, 0) is 53.1 Å². The van der Waals surface area contributed by atoms with Gasteiger partial charge in [0.2, 0.25) is 11.7 Å². The van der Waals surface area contributed by atoms with E-state index in [1.165, 1.54) is 4.57 Å². The summed E-state index contributed by atoms with van der Waals surface area (Å²) in [5, 5.41) is 0.484. The fourth-order valence-electron chi connectivity index (χ4n) is 7.38. The minimum atomic E-state index is -0.254. The molecule has 0 saturated heterocycles. The second kappa shape index (κ2) is 10.9. The van der Waals surface area contributed by atoms with Gasteiger partial charge in [0.25, 0.3) is 5.56 Å². The maximum atomic E-state index is 13.6. The molecule has 2 aliphatic heterocycles. The van der Waals surface area contributed by atoms with E-state index >= 15 is 0 Å². The molecule has 2 unspecified atom stereocenters. The number of fused-ring (bicyclic) bond motifs is 7. The monoisotopic (exact) mass is 646 g/mol. The number of rotatable bonds is 4. The van der Waals surface area contributed by atoms with E-state index in [2.05, 4.69) is 52.4 Å². The summed E-state index contributed by atoms with van der Waals surface area (Å²) in [5.74, 6) is 1.74. The predicted molar refractivity (Wildman–Crippen MR) is 194 cm³/mol. The topological polar surface area (TPSA) is 93.9 Å². The lowest BCUT2D eigenvalue weighted by Gasteiger charge is -2.27. The molecule has 10 rings (SSSR count). The summed E-state index contributed by atoms with van der Waals surface area (Å²) in [4.78, 5) is 48.8. The lowest BCUT2D eigenvalue weighted by molar-refractivity contribution is 0.103. The van der Waals surface area contributed by atoms with Crippen LogP contribution in [-0.4, -0.2) is 36.3 Å². The van der Waals surface area contributed by atoms with Gasteiger partial charge in [0.05, 0.1) is 28.2 Å². The van der Waals surface area contributed by atoms with Crippen molar-refractivity contribution < 1.29 is 4.79 Å². The van der Waals surface area contributed by atoms with Gasteiger partial charge in [-0.15, -0.1) is 0 Å². The highest BCUT2D eigenvalue weighted by atomic mass is 16.1. The molecule has 5 aromatic carbocycles. The predicted octanol–water partition coefficient (Wildman–Crippen LogP) is 7.85. The molecule has 0 fully saturated rings. The van der Waals surface area contributed by atoms with Crippen molar-refractivity contribution in [2.24, 2.45) is 0 Å². The van der Waals surface area contributed by atoms with Crippen LogP contribution in [-0.2, 0) is 0 Å². The Morgan fingerprint density at radius 1 is 0.560 bits per heavy atom. The summed E-state index contributed by atoms with van der Waals surface area (Å²) < 4.78 is 1.44. The number of benzene rings is 5. The third-order valence-electron chi connectivity index (χ3n) is 9.75. The maximum absolute atomic E-state index is 13.6. The van der Waals surface area contributed by atoms with E-state index in [-0.39, 0.29) is 29.1 Å². The third kappa shape index (κ3) is 4.25. The normalized spacial score (nSPS) is 16.7. The number of aromatic nitrogens is 5. The summed E-state index contributed by atoms with van der Waals surface area (Å²) in [6.45, 7) is 0. The van der Waals surface area contributed by atoms with Crippen molar-refractivity contribution in [3.8, 4) is 39.6 Å². The van der Waals surface area contributed by atoms with Crippen molar-refractivity contribution in [2.45, 2.75) is 12.0 Å². The Kier molecular flexibility index (Phi) is 6.13. The van der Waals surface area contributed by atoms with E-state index in [1.807, 2.05) is 84.9 Å². The van der Waals surface area contributed by atoms with Gasteiger partial charge in [0, 0.05) is 22.7 Å². The minimum Gasteiger partial charge on any atom is -0.302 e. The molecular formula is C42H26N6O2. The molecular weight excluding hydrogens is 621 g/mol. The van der Waals surface area contributed by atoms with Gasteiger partial charge in [-0.25, -0.2) is 9.97 Å². The van der Waals surface area contributed by atoms with Crippen molar-refractivity contribution in [3.05, 3.63) is 173 Å². The zero-order valence-corrected chi connectivity index (χ0v) is 26.5. The van der Waals surface area contributed by atoms with Crippen molar-refractivity contribution in [3.63, 3.8) is 0 Å². The highest BCUT2D eigenvalue weighted by molar-refractivity contribution is 6.14. The summed E-state index contributed by atoms with van der Waals surface area (Å²) in [6.07, 6.45) is 8.57. The van der Waals surface area contributed by atoms with Gasteiger partial charge >= 0.3 is 0 Å². The van der Waals surface area contributed by atoms with Crippen molar-refractivity contribution in [1.82, 2.24) is 24.5 Å². The molecule has 236 valence electrons. The Morgan fingerprint density at radius 2 is 1.20 bits per heavy atom. The minimum absolute atomic E-state index is 0.0388. The van der Waals surface area contributed by atoms with E-state index in [0.717, 1.165) is 33.5 Å². The summed E-state index contributed by atoms with van der Waals surface area (Å²) >= 11 is 0. The first-order valence-corrected chi connectivity index (χ1v) is 16.5. The average molecular weight is 647 g/mol. The van der Waals surface area contributed by atoms with Gasteiger partial charge in [0.1, 0.15) is 0 Å². The van der Waals surface area contributed by atoms with Crippen LogP contribution in [0.3, 0.4) is 0 Å². The number of anilines is 2. The van der Waals surface area contributed by atoms with Crippen LogP contribution in [0, 0.1) is 0 Å². The number of ketones is 1. The Labute approximate surface area is 286 Å². The van der Waals surface area contributed by atoms with E-state index in [0.29, 0.717) is 39.8 Å². The number of carbonyl (C=O) groups excluding carboxylic acids is 1. The Balaban J connectivity index is 1.09. The van der Waals surface area contributed by atoms with Gasteiger partial charge in [0.15, 0.2) is 17.5 Å². The van der Waals surface area contributed by atoms with E-state index in [9.17, 15) is 9.59 Å². The van der Waals surface area contributed by atoms with Gasteiger partial charge < -0.3 is 4.90 Å². The standard InChI is InChI=1S/C42H26N6O2/c49-37-32-24-28(20-22-36(32)48-40(37)43-33-17-9-7-16-30(33)41(48)50)27-19-21-35-31(23-27)29-15-8-10-18-34(29)47(35)42-45-38(25-11-3-1-4-12-25)44-39(46-42)26-13-5-2-6-14-26/h1-24,29,34H. The first-order valence-electron chi connectivity index (χ1n) is 16.5. The van der Waals surface area contributed by atoms with Gasteiger partial charge in [-0.3, -0.25) is 14.2 Å². The van der Waals surface area contributed by atoms with Crippen molar-refractivity contribution in [1.29, 1.82) is 0 Å². The number of hydrogen-bond donors (Lipinski definition) is 0. The van der Waals surface area contributed by atoms with Crippen LogP contribution in [0.1, 0.15) is 27.7 Å². The highest BCUT2D eigenvalue weighted by Gasteiger charge is 2.39. The zero-order chi connectivity index (χ0) is 33.3. The summed E-state index contributed by atoms with van der Waals surface area (Å²) in [6, 6.07) is 39.1. The van der Waals surface area contributed by atoms with Crippen LogP contribution in [0.15, 0.2) is 150 Å². The number of para-hydroxylation sites is 1. The molecule has 0 saturated carbocycles. The molecule has 8 nitrogen and oxygen atoms in total. The van der Waals surface area contributed by atoms with E-state index in [1.54, 1.807) is 18.2 Å². The zero-order valence-electron chi connectivity index (χ0n) is 26.5. The lowest BCUT2D eigenvalue weighted by atomic mass is 9.89. The van der Waals surface area contributed by atoms with Crippen molar-refractivity contribution >= 4 is 28.3 Å². The smallest absolute Gasteiger partial charge is 0.266 e. The maximum Gasteiger partial charge on any atom is 0.266 e. The largest absolute Gasteiger partial charge is 0.302 e. The Bertz CT molecular complexity index is 2610. The van der Waals surface area contributed by atoms with Crippen LogP contribution in [0.2, 0.25) is 0 Å². The number of hydrogen-bond acceptors (Lipinski definition) is 7. The molecule has 4 heterocycles. The molecule has 0 amide bonds. The molecule has 7 aromatic rings. The van der Waals surface area contributed by atoms with Crippen LogP contribution in [0.5, 0.6) is 0 Å². The third-order valence-corrected chi connectivity index (χ3v) is 9.75. The molecule has 8 heteroatoms. The Hall–Kier alpha value is -6.80. The number of carbonyl (C=O) groups is 1. The molecule has 0 spiro atoms. The molecule has 0 radical (unpaired) electrons. The first kappa shape index (κ1) is 28.2. The van der Waals surface area contributed by atoms with E-state index < -0.39 is 0 Å². The number of allylic oxidation sites excluding steroid dienone is 2. The molecule has 50 heavy (non-hydrogen) atoms. The average Bonchev–Trinajstić information content (AvgIpc) is 3.66. The Morgan fingerprint density at radius 3 is 1.94 bits per heavy atom. The first-order chi connectivity index (χ1) is 24.6. The van der Waals surface area contributed by atoms with Gasteiger partial charge in [-0.2, -0.15) is 9.97 Å². The summed E-state index contributed by atoms with van der Waals surface area (Å²) in [7, 11) is 0. The van der Waals surface area contributed by atoms with Crippen LogP contribution >= 0.6 is 0 Å². The molecule has 2 atom stereocenters. The molecule has 0 N–H and O–H groups in total. The fraction of sp³-hybridized carbons (Fsp3) is 0.0476. The molecule has 0 bridgehead atoms. The lowest BCUT2D eigenvalue weighted by Crippen LogP contribution is -2.30. The second-order valence-corrected chi connectivity index (χ2v) is 12.6. The SMILES string of the molecule is O=C1c2cc(-c3ccc4c(c3)C3C=CC=CC3N4c3nc(-c4ccccc4)nc(-c4ccccc4)n3)ccc2-n2c1nc1ccccc1c2=O. The molecule has 2 aromatic heterocycles. The van der Waals surface area contributed by atoms with Crippen LogP contribution in [0.25, 0.3) is 50.5 Å². The highest BCUT2D eigenvalue weighted by Crippen LogP contribution is 2.48. The second-order valence-electron chi connectivity index (χ2n) is 12.6. The number of nitrogens with zero attached hydrogens (tertiary/aromatic N) is 6. The quantitative estimate of drug-likeness (QED) is 0.192. The molecule has 3 aliphatic rings. The van der Waals surface area contributed by atoms with Crippen molar-refractivity contribution in [2.75, 3.05) is 4.90 Å². The summed E-state index contributed by atoms with van der Waals surface area (Å²) in [5.41, 5.74) is 7.13. The van der Waals surface area contributed by atoms with E-state index in [4.69, 9.17) is 15.0 Å². The van der Waals surface area contributed by atoms with Crippen LogP contribution < -0.4 is 10.5 Å². The molecule has 1 aliphatic carbocycles. The van der Waals surface area contributed by atoms with Crippen LogP contribution in [0.4, 0.5) is 11.6 Å². The fourth-order valence-corrected chi connectivity index (χ4v) is 7.38.